The predicted molar refractivity (Wildman–Crippen MR) is 136 cm³/mol. The average Bonchev–Trinajstić information content (AvgIpc) is 3.57. The van der Waals surface area contributed by atoms with Gasteiger partial charge in [-0.05, 0) is 45.6 Å². The number of ketones is 1. The van der Waals surface area contributed by atoms with Crippen molar-refractivity contribution >= 4 is 23.2 Å². The van der Waals surface area contributed by atoms with E-state index in [1.165, 1.54) is 11.4 Å². The van der Waals surface area contributed by atoms with Crippen molar-refractivity contribution in [3.05, 3.63) is 47.3 Å². The number of fused-ring (bicyclic) bond motifs is 3. The van der Waals surface area contributed by atoms with Crippen LogP contribution in [0.5, 0.6) is 0 Å². The molecule has 4 aromatic heterocycles. The molecular weight excluding hydrogens is 491 g/mol. The third-order valence-electron chi connectivity index (χ3n) is 7.80. The molecule has 0 spiro atoms. The van der Waals surface area contributed by atoms with Crippen molar-refractivity contribution in [3.8, 4) is 22.5 Å². The number of aromatic amines is 1. The molecule has 6 rings (SSSR count). The number of hydrogen-bond donors (Lipinski definition) is 3. The molecule has 3 atom stereocenters. The molecule has 4 N–H and O–H groups in total. The van der Waals surface area contributed by atoms with Crippen LogP contribution < -0.4 is 5.73 Å². The second kappa shape index (κ2) is 8.98. The molecule has 4 aromatic rings. The first-order chi connectivity index (χ1) is 18.3. The molecule has 6 heterocycles. The van der Waals surface area contributed by atoms with Crippen LogP contribution in [0.2, 0.25) is 0 Å². The van der Waals surface area contributed by atoms with E-state index in [-0.39, 0.29) is 41.2 Å². The summed E-state index contributed by atoms with van der Waals surface area (Å²) in [5.74, 6) is -0.769. The zero-order chi connectivity index (χ0) is 26.7. The third kappa shape index (κ3) is 3.66. The lowest BCUT2D eigenvalue weighted by Gasteiger charge is -2.39. The third-order valence-corrected chi connectivity index (χ3v) is 7.80. The first-order valence-corrected chi connectivity index (χ1v) is 12.6. The maximum Gasteiger partial charge on any atom is 0.248 e. The van der Waals surface area contributed by atoms with E-state index in [9.17, 15) is 19.1 Å². The topological polar surface area (TPSA) is 155 Å². The number of aliphatic hydroxyl groups excluding tert-OH is 1. The first-order valence-electron chi connectivity index (χ1n) is 12.6. The van der Waals surface area contributed by atoms with E-state index in [0.717, 1.165) is 12.8 Å². The largest absolute Gasteiger partial charge is 0.387 e. The number of nitrogens with one attached hydrogen (secondary N) is 1. The van der Waals surface area contributed by atoms with E-state index >= 15 is 0 Å². The van der Waals surface area contributed by atoms with Crippen LogP contribution in [-0.4, -0.2) is 70.2 Å². The van der Waals surface area contributed by atoms with Gasteiger partial charge < -0.3 is 15.7 Å². The van der Waals surface area contributed by atoms with E-state index in [2.05, 4.69) is 20.3 Å². The summed E-state index contributed by atoms with van der Waals surface area (Å²) in [5.41, 5.74) is 10.2. The summed E-state index contributed by atoms with van der Waals surface area (Å²) in [6.45, 7) is 2.55. The maximum absolute atomic E-state index is 14.3. The highest BCUT2D eigenvalue weighted by Crippen LogP contribution is 2.44. The van der Waals surface area contributed by atoms with Gasteiger partial charge in [0.05, 0.1) is 28.8 Å². The van der Waals surface area contributed by atoms with E-state index < -0.39 is 12.4 Å². The lowest BCUT2D eigenvalue weighted by Crippen LogP contribution is -2.47. The summed E-state index contributed by atoms with van der Waals surface area (Å²) in [7, 11) is 0. The molecule has 2 aliphatic heterocycles. The van der Waals surface area contributed by atoms with Crippen molar-refractivity contribution in [2.24, 2.45) is 0 Å². The number of rotatable bonds is 5. The molecule has 2 saturated heterocycles. The van der Waals surface area contributed by atoms with Crippen molar-refractivity contribution in [3.63, 3.8) is 0 Å². The number of anilines is 1. The van der Waals surface area contributed by atoms with Gasteiger partial charge in [0, 0.05) is 35.3 Å². The van der Waals surface area contributed by atoms with Gasteiger partial charge in [-0.25, -0.2) is 9.37 Å². The predicted octanol–water partition coefficient (Wildman–Crippen LogP) is 2.64. The number of aromatic nitrogens is 6. The number of Topliss-reactive ketones (excluding diaryl/α,β-unsaturated/α-hetero) is 1. The Kier molecular flexibility index (Phi) is 5.71. The zero-order valence-electron chi connectivity index (χ0n) is 21.0. The fourth-order valence-corrected chi connectivity index (χ4v) is 6.06. The Morgan fingerprint density at radius 1 is 1.21 bits per heavy atom. The number of nitrogen functional groups attached to an aromatic ring is 1. The Labute approximate surface area is 216 Å². The summed E-state index contributed by atoms with van der Waals surface area (Å²) in [6, 6.07) is 3.45. The number of halogens is 1. The number of pyridine rings is 1. The number of piperidine rings is 1. The second-order valence-corrected chi connectivity index (χ2v) is 10.1. The molecule has 196 valence electrons. The molecular formula is C26H27FN8O3. The summed E-state index contributed by atoms with van der Waals surface area (Å²) in [4.78, 5) is 36.2. The van der Waals surface area contributed by atoms with Crippen LogP contribution in [0.4, 0.5) is 10.2 Å². The molecule has 1 unspecified atom stereocenters. The van der Waals surface area contributed by atoms with E-state index in [4.69, 9.17) is 10.7 Å². The standard InChI is InChI=1S/C26H27FN8O3/c1-12-22(27)24(33-32-12)19-6-3-14(9-29-19)18-10-30-35-25(28)21(13(2)37)23(31-26(18)35)15-7-16-4-5-17(8-15)34(16)20(38)11-36/h3,6,9-10,15-17,36H,4-5,7-8,11,28H2,1-2H3,(H,32,33)/t15?,16-,17+. The summed E-state index contributed by atoms with van der Waals surface area (Å²) in [6.07, 6.45) is 6.21. The first kappa shape index (κ1) is 24.2. The fraction of sp³-hybridized carbons (Fsp3) is 0.385. The van der Waals surface area contributed by atoms with Crippen LogP contribution in [0.15, 0.2) is 24.5 Å². The highest BCUT2D eigenvalue weighted by atomic mass is 19.1. The van der Waals surface area contributed by atoms with Gasteiger partial charge in [0.2, 0.25) is 5.91 Å². The number of H-pyrrole nitrogens is 1. The Hall–Kier alpha value is -4.19. The molecule has 2 fully saturated rings. The second-order valence-electron chi connectivity index (χ2n) is 10.1. The van der Waals surface area contributed by atoms with Crippen LogP contribution in [0.3, 0.4) is 0 Å². The van der Waals surface area contributed by atoms with Gasteiger partial charge in [-0.1, -0.05) is 6.07 Å². The molecule has 12 heteroatoms. The van der Waals surface area contributed by atoms with Crippen LogP contribution in [0, 0.1) is 12.7 Å². The zero-order valence-corrected chi connectivity index (χ0v) is 21.0. The molecule has 0 aromatic carbocycles. The minimum absolute atomic E-state index is 0.00958. The number of aryl methyl sites for hydroxylation is 1. The molecule has 1 amide bonds. The van der Waals surface area contributed by atoms with Crippen LogP contribution in [0.1, 0.15) is 60.3 Å². The van der Waals surface area contributed by atoms with Crippen LogP contribution in [0.25, 0.3) is 28.2 Å². The Balaban J connectivity index is 1.41. The monoisotopic (exact) mass is 518 g/mol. The van der Waals surface area contributed by atoms with Gasteiger partial charge in [-0.2, -0.15) is 14.7 Å². The number of nitrogens with zero attached hydrogens (tertiary/aromatic N) is 6. The molecule has 0 aliphatic carbocycles. The molecule has 11 nitrogen and oxygen atoms in total. The minimum Gasteiger partial charge on any atom is -0.387 e. The van der Waals surface area contributed by atoms with Gasteiger partial charge in [-0.3, -0.25) is 19.7 Å². The number of carbonyl (C=O) groups excluding carboxylic acids is 2. The lowest BCUT2D eigenvalue weighted by molar-refractivity contribution is -0.138. The smallest absolute Gasteiger partial charge is 0.248 e. The summed E-state index contributed by atoms with van der Waals surface area (Å²) < 4.78 is 15.8. The Morgan fingerprint density at radius 2 is 1.95 bits per heavy atom. The molecule has 2 aliphatic rings. The van der Waals surface area contributed by atoms with Gasteiger partial charge in [0.25, 0.3) is 0 Å². The minimum atomic E-state index is -0.508. The summed E-state index contributed by atoms with van der Waals surface area (Å²) in [5, 5.41) is 20.4. The Bertz CT molecular complexity index is 1560. The molecule has 38 heavy (non-hydrogen) atoms. The Morgan fingerprint density at radius 3 is 2.53 bits per heavy atom. The number of amides is 1. The van der Waals surface area contributed by atoms with Crippen molar-refractivity contribution in [2.45, 2.75) is 57.5 Å². The van der Waals surface area contributed by atoms with Crippen molar-refractivity contribution < 1.29 is 19.1 Å². The number of carbonyl (C=O) groups is 2. The maximum atomic E-state index is 14.3. The molecule has 0 radical (unpaired) electrons. The highest BCUT2D eigenvalue weighted by Gasteiger charge is 2.44. The van der Waals surface area contributed by atoms with E-state index in [1.807, 2.05) is 0 Å². The lowest BCUT2D eigenvalue weighted by atomic mass is 9.85. The molecule has 2 bridgehead atoms. The summed E-state index contributed by atoms with van der Waals surface area (Å²) >= 11 is 0. The normalized spacial score (nSPS) is 20.8. The highest BCUT2D eigenvalue weighted by molar-refractivity contribution is 6.00. The van der Waals surface area contributed by atoms with Crippen molar-refractivity contribution in [1.29, 1.82) is 0 Å². The number of hydrogen-bond acceptors (Lipinski definition) is 8. The quantitative estimate of drug-likeness (QED) is 0.341. The van der Waals surface area contributed by atoms with Crippen LogP contribution >= 0.6 is 0 Å². The van der Waals surface area contributed by atoms with Gasteiger partial charge in [0.15, 0.2) is 17.2 Å². The van der Waals surface area contributed by atoms with Crippen molar-refractivity contribution in [2.75, 3.05) is 12.3 Å². The van der Waals surface area contributed by atoms with Crippen molar-refractivity contribution in [1.82, 2.24) is 34.7 Å². The molecule has 0 saturated carbocycles. The van der Waals surface area contributed by atoms with Gasteiger partial charge in [0.1, 0.15) is 18.1 Å². The van der Waals surface area contributed by atoms with E-state index in [0.29, 0.717) is 52.3 Å². The average molecular weight is 519 g/mol. The van der Waals surface area contributed by atoms with Gasteiger partial charge >= 0.3 is 0 Å². The van der Waals surface area contributed by atoms with E-state index in [1.54, 1.807) is 36.4 Å². The SMILES string of the molecule is CC(=O)c1c(C2C[C@H]3CC[C@@H](C2)N3C(=O)CO)nc2c(-c3ccc(-c4n[nH]c(C)c4F)nc3)cnn2c1N. The van der Waals surface area contributed by atoms with Crippen LogP contribution in [-0.2, 0) is 4.79 Å². The number of aliphatic hydroxyl groups is 1. The number of nitrogens with two attached hydrogens (primary N) is 1. The van der Waals surface area contributed by atoms with Gasteiger partial charge in [-0.15, -0.1) is 0 Å². The fourth-order valence-electron chi connectivity index (χ4n) is 6.06.